The summed E-state index contributed by atoms with van der Waals surface area (Å²) in [4.78, 5) is 14.0. The summed E-state index contributed by atoms with van der Waals surface area (Å²) in [6, 6.07) is 4.25. The van der Waals surface area contributed by atoms with Gasteiger partial charge in [0.05, 0.1) is 0 Å². The van der Waals surface area contributed by atoms with Gasteiger partial charge in [-0.3, -0.25) is 4.79 Å². The molecule has 1 aromatic rings. The van der Waals surface area contributed by atoms with Crippen LogP contribution in [0.2, 0.25) is 5.02 Å². The minimum absolute atomic E-state index is 0.156. The Morgan fingerprint density at radius 1 is 1.50 bits per heavy atom. The molecule has 0 aliphatic carbocycles. The lowest BCUT2D eigenvalue weighted by Crippen LogP contribution is -2.46. The fourth-order valence-corrected chi connectivity index (χ4v) is 2.48. The summed E-state index contributed by atoms with van der Waals surface area (Å²) >= 11 is 5.77. The molecular formula is C13H16ClFN2O. The lowest BCUT2D eigenvalue weighted by atomic mass is 10.0. The van der Waals surface area contributed by atoms with Crippen LogP contribution in [0.4, 0.5) is 4.39 Å². The average molecular weight is 271 g/mol. The van der Waals surface area contributed by atoms with Crippen molar-refractivity contribution in [1.82, 2.24) is 10.2 Å². The van der Waals surface area contributed by atoms with Gasteiger partial charge < -0.3 is 10.2 Å². The minimum Gasteiger partial charge on any atom is -0.337 e. The number of halogens is 2. The normalized spacial score (nSPS) is 19.9. The number of amides is 1. The van der Waals surface area contributed by atoms with Crippen LogP contribution in [0.3, 0.4) is 0 Å². The summed E-state index contributed by atoms with van der Waals surface area (Å²) in [5, 5.41) is 3.42. The number of hydrogen-bond donors (Lipinski definition) is 1. The van der Waals surface area contributed by atoms with Crippen LogP contribution in [0.1, 0.15) is 23.2 Å². The molecule has 1 aromatic carbocycles. The van der Waals surface area contributed by atoms with Gasteiger partial charge in [0.1, 0.15) is 5.82 Å². The van der Waals surface area contributed by atoms with E-state index in [-0.39, 0.29) is 10.9 Å². The van der Waals surface area contributed by atoms with Crippen molar-refractivity contribution in [3.8, 4) is 0 Å². The summed E-state index contributed by atoms with van der Waals surface area (Å²) < 4.78 is 13.2. The van der Waals surface area contributed by atoms with Crippen molar-refractivity contribution in [2.45, 2.75) is 18.9 Å². The predicted molar refractivity (Wildman–Crippen MR) is 69.4 cm³/mol. The highest BCUT2D eigenvalue weighted by atomic mass is 35.5. The summed E-state index contributed by atoms with van der Waals surface area (Å²) in [5.74, 6) is -0.635. The van der Waals surface area contributed by atoms with Crippen molar-refractivity contribution in [1.29, 1.82) is 0 Å². The second kappa shape index (κ2) is 5.67. The molecule has 1 heterocycles. The lowest BCUT2D eigenvalue weighted by molar-refractivity contribution is 0.0697. The summed E-state index contributed by atoms with van der Waals surface area (Å²) in [6.45, 7) is 1.37. The van der Waals surface area contributed by atoms with Gasteiger partial charge in [0, 0.05) is 29.7 Å². The topological polar surface area (TPSA) is 32.3 Å². The smallest absolute Gasteiger partial charge is 0.254 e. The molecule has 18 heavy (non-hydrogen) atoms. The number of hydrogen-bond acceptors (Lipinski definition) is 2. The van der Waals surface area contributed by atoms with E-state index in [2.05, 4.69) is 5.32 Å². The van der Waals surface area contributed by atoms with E-state index >= 15 is 0 Å². The van der Waals surface area contributed by atoms with Gasteiger partial charge in [0.15, 0.2) is 0 Å². The third-order valence-corrected chi connectivity index (χ3v) is 3.44. The van der Waals surface area contributed by atoms with Crippen molar-refractivity contribution in [2.75, 3.05) is 20.1 Å². The molecule has 1 atom stereocenters. The van der Waals surface area contributed by atoms with Gasteiger partial charge in [0.2, 0.25) is 0 Å². The third-order valence-electron chi connectivity index (χ3n) is 3.23. The van der Waals surface area contributed by atoms with Crippen LogP contribution in [0, 0.1) is 5.82 Å². The monoisotopic (exact) mass is 270 g/mol. The summed E-state index contributed by atoms with van der Waals surface area (Å²) in [6.07, 6.45) is 2.02. The molecule has 0 radical (unpaired) electrons. The number of carbonyl (C=O) groups is 1. The number of benzene rings is 1. The SMILES string of the molecule is CNC1CCCN(C(=O)c2cc(F)cc(Cl)c2)C1. The number of nitrogens with zero attached hydrogens (tertiary/aromatic N) is 1. The molecular weight excluding hydrogens is 255 g/mol. The van der Waals surface area contributed by atoms with Gasteiger partial charge in [0.25, 0.3) is 5.91 Å². The lowest BCUT2D eigenvalue weighted by Gasteiger charge is -2.32. The summed E-state index contributed by atoms with van der Waals surface area (Å²) in [7, 11) is 1.89. The van der Waals surface area contributed by atoms with E-state index in [1.54, 1.807) is 4.90 Å². The Balaban J connectivity index is 2.15. The van der Waals surface area contributed by atoms with Gasteiger partial charge in [-0.05, 0) is 38.1 Å². The van der Waals surface area contributed by atoms with Crippen LogP contribution in [0.15, 0.2) is 18.2 Å². The highest BCUT2D eigenvalue weighted by Gasteiger charge is 2.23. The third kappa shape index (κ3) is 3.00. The molecule has 1 saturated heterocycles. The molecule has 0 bridgehead atoms. The fourth-order valence-electron chi connectivity index (χ4n) is 2.26. The minimum atomic E-state index is -0.479. The van der Waals surface area contributed by atoms with Gasteiger partial charge in [-0.15, -0.1) is 0 Å². The molecule has 2 rings (SSSR count). The molecule has 0 saturated carbocycles. The van der Waals surface area contributed by atoms with Crippen molar-refractivity contribution in [3.05, 3.63) is 34.6 Å². The Bertz CT molecular complexity index is 432. The van der Waals surface area contributed by atoms with E-state index in [9.17, 15) is 9.18 Å². The van der Waals surface area contributed by atoms with Crippen LogP contribution >= 0.6 is 11.6 Å². The quantitative estimate of drug-likeness (QED) is 0.894. The van der Waals surface area contributed by atoms with Crippen molar-refractivity contribution in [3.63, 3.8) is 0 Å². The number of likely N-dealkylation sites (N-methyl/N-ethyl adjacent to an activating group) is 1. The Hall–Kier alpha value is -1.13. The van der Waals surface area contributed by atoms with Crippen LogP contribution in [0.5, 0.6) is 0 Å². The maximum Gasteiger partial charge on any atom is 0.254 e. The first-order chi connectivity index (χ1) is 8.60. The van der Waals surface area contributed by atoms with E-state index in [0.29, 0.717) is 24.7 Å². The van der Waals surface area contributed by atoms with E-state index in [0.717, 1.165) is 12.8 Å². The Morgan fingerprint density at radius 3 is 2.94 bits per heavy atom. The predicted octanol–water partition coefficient (Wildman–Crippen LogP) is 2.30. The highest BCUT2D eigenvalue weighted by molar-refractivity contribution is 6.31. The fraction of sp³-hybridized carbons (Fsp3) is 0.462. The van der Waals surface area contributed by atoms with Crippen molar-refractivity contribution in [2.24, 2.45) is 0 Å². The van der Waals surface area contributed by atoms with Gasteiger partial charge >= 0.3 is 0 Å². The standard InChI is InChI=1S/C13H16ClFN2O/c1-16-12-3-2-4-17(8-12)13(18)9-5-10(14)7-11(15)6-9/h5-7,12,16H,2-4,8H2,1H3. The van der Waals surface area contributed by atoms with E-state index in [1.807, 2.05) is 7.05 Å². The molecule has 0 aromatic heterocycles. The zero-order chi connectivity index (χ0) is 13.1. The van der Waals surface area contributed by atoms with Crippen molar-refractivity contribution < 1.29 is 9.18 Å². The number of likely N-dealkylation sites (tertiary alicyclic amines) is 1. The molecule has 1 unspecified atom stereocenters. The molecule has 5 heteroatoms. The van der Waals surface area contributed by atoms with Crippen molar-refractivity contribution >= 4 is 17.5 Å². The van der Waals surface area contributed by atoms with Gasteiger partial charge in [-0.1, -0.05) is 11.6 Å². The van der Waals surface area contributed by atoms with Crippen LogP contribution < -0.4 is 5.32 Å². The number of nitrogens with one attached hydrogen (secondary N) is 1. The molecule has 1 aliphatic heterocycles. The summed E-state index contributed by atoms with van der Waals surface area (Å²) in [5.41, 5.74) is 0.316. The zero-order valence-electron chi connectivity index (χ0n) is 10.2. The second-order valence-electron chi connectivity index (χ2n) is 4.54. The van der Waals surface area contributed by atoms with Gasteiger partial charge in [-0.2, -0.15) is 0 Å². The zero-order valence-corrected chi connectivity index (χ0v) is 11.0. The highest BCUT2D eigenvalue weighted by Crippen LogP contribution is 2.18. The number of piperidine rings is 1. The Kier molecular flexibility index (Phi) is 4.19. The largest absolute Gasteiger partial charge is 0.337 e. The van der Waals surface area contributed by atoms with E-state index in [4.69, 9.17) is 11.6 Å². The molecule has 1 amide bonds. The van der Waals surface area contributed by atoms with Crippen LogP contribution in [-0.2, 0) is 0 Å². The van der Waals surface area contributed by atoms with Crippen LogP contribution in [0.25, 0.3) is 0 Å². The van der Waals surface area contributed by atoms with Crippen LogP contribution in [-0.4, -0.2) is 37.0 Å². The van der Waals surface area contributed by atoms with Gasteiger partial charge in [-0.25, -0.2) is 4.39 Å². The van der Waals surface area contributed by atoms with E-state index < -0.39 is 5.82 Å². The molecule has 0 spiro atoms. The first-order valence-corrected chi connectivity index (χ1v) is 6.40. The molecule has 3 nitrogen and oxygen atoms in total. The second-order valence-corrected chi connectivity index (χ2v) is 4.97. The Morgan fingerprint density at radius 2 is 2.28 bits per heavy atom. The molecule has 98 valence electrons. The maximum atomic E-state index is 13.2. The first-order valence-electron chi connectivity index (χ1n) is 6.03. The van der Waals surface area contributed by atoms with E-state index in [1.165, 1.54) is 18.2 Å². The number of rotatable bonds is 2. The maximum absolute atomic E-state index is 13.2. The molecule has 1 aliphatic rings. The Labute approximate surface area is 111 Å². The first kappa shape index (κ1) is 13.3. The average Bonchev–Trinajstić information content (AvgIpc) is 2.37. The molecule has 1 N–H and O–H groups in total. The molecule has 1 fully saturated rings. The number of carbonyl (C=O) groups excluding carboxylic acids is 1.